The van der Waals surface area contributed by atoms with E-state index in [0.717, 1.165) is 10.8 Å². The monoisotopic (exact) mass is 565 g/mol. The smallest absolute Gasteiger partial charge is 0.338 e. The third kappa shape index (κ3) is 12.0. The van der Waals surface area contributed by atoms with Gasteiger partial charge >= 0.3 is 11.9 Å². The third-order valence-electron chi connectivity index (χ3n) is 5.67. The van der Waals surface area contributed by atoms with Gasteiger partial charge < -0.3 is 33.2 Å². The molecule has 10 heteroatoms. The van der Waals surface area contributed by atoms with Crippen molar-refractivity contribution < 1.29 is 42.7 Å². The molecular formula is C31H35NO9. The van der Waals surface area contributed by atoms with E-state index in [2.05, 4.69) is 0 Å². The van der Waals surface area contributed by atoms with Crippen LogP contribution in [0.15, 0.2) is 66.7 Å². The molecule has 0 spiro atoms. The fourth-order valence-electron chi connectivity index (χ4n) is 3.61. The summed E-state index contributed by atoms with van der Waals surface area (Å²) in [6, 6.07) is 21.5. The van der Waals surface area contributed by atoms with Crippen LogP contribution < -0.4 is 0 Å². The molecule has 0 amide bonds. The van der Waals surface area contributed by atoms with Crippen molar-refractivity contribution in [3.63, 3.8) is 0 Å². The van der Waals surface area contributed by atoms with Crippen molar-refractivity contribution in [3.8, 4) is 6.07 Å². The summed E-state index contributed by atoms with van der Waals surface area (Å²) in [6.07, 6.45) is 0. The van der Waals surface area contributed by atoms with E-state index in [1.165, 1.54) is 0 Å². The Morgan fingerprint density at radius 1 is 0.537 bits per heavy atom. The van der Waals surface area contributed by atoms with Crippen molar-refractivity contribution in [1.29, 1.82) is 5.26 Å². The molecule has 0 atom stereocenters. The average Bonchev–Trinajstić information content (AvgIpc) is 3.01. The third-order valence-corrected chi connectivity index (χ3v) is 5.67. The van der Waals surface area contributed by atoms with Gasteiger partial charge in [-0.05, 0) is 41.1 Å². The van der Waals surface area contributed by atoms with Gasteiger partial charge in [-0.1, -0.05) is 36.4 Å². The molecule has 41 heavy (non-hydrogen) atoms. The number of benzene rings is 3. The molecule has 0 unspecified atom stereocenters. The van der Waals surface area contributed by atoms with E-state index in [1.54, 1.807) is 30.3 Å². The van der Waals surface area contributed by atoms with Gasteiger partial charge in [-0.15, -0.1) is 0 Å². The number of fused-ring (bicyclic) bond motifs is 1. The van der Waals surface area contributed by atoms with E-state index in [4.69, 9.17) is 38.4 Å². The molecule has 3 rings (SSSR count). The van der Waals surface area contributed by atoms with Crippen molar-refractivity contribution >= 4 is 22.7 Å². The van der Waals surface area contributed by atoms with Gasteiger partial charge in [0.2, 0.25) is 0 Å². The normalized spacial score (nSPS) is 10.8. The number of carbonyl (C=O) groups is 2. The Hall–Kier alpha value is -3.85. The summed E-state index contributed by atoms with van der Waals surface area (Å²) in [6.45, 7) is 4.17. The van der Waals surface area contributed by atoms with Crippen LogP contribution in [0.25, 0.3) is 10.8 Å². The first-order valence-electron chi connectivity index (χ1n) is 13.4. The molecule has 3 aromatic carbocycles. The van der Waals surface area contributed by atoms with E-state index in [1.807, 2.05) is 42.5 Å². The fourth-order valence-corrected chi connectivity index (χ4v) is 3.61. The molecule has 0 N–H and O–H groups in total. The number of nitriles is 1. The number of rotatable bonds is 20. The topological polar surface area (TPSA) is 123 Å². The predicted octanol–water partition coefficient (Wildman–Crippen LogP) is 3.81. The second-order valence-corrected chi connectivity index (χ2v) is 8.55. The number of ether oxygens (including phenoxy) is 7. The van der Waals surface area contributed by atoms with Crippen LogP contribution in [0.4, 0.5) is 0 Å². The lowest BCUT2D eigenvalue weighted by Gasteiger charge is -2.09. The Morgan fingerprint density at radius 2 is 1.00 bits per heavy atom. The second kappa shape index (κ2) is 19.3. The SMILES string of the molecule is N#Cc1ccc(C(=O)OCCOCCOCCOCCOCCOCCOC(=O)c2cccc3ccccc23)cc1. The molecule has 0 fully saturated rings. The summed E-state index contributed by atoms with van der Waals surface area (Å²) < 4.78 is 37.6. The minimum atomic E-state index is -0.459. The maximum absolute atomic E-state index is 12.4. The standard InChI is InChI=1S/C31H35NO9/c32-24-25-8-10-27(11-9-25)30(33)40-22-20-38-18-16-36-14-12-35-13-15-37-17-19-39-21-23-41-31(34)29-7-3-5-26-4-1-2-6-28(26)29/h1-11H,12-23H2. The quantitative estimate of drug-likeness (QED) is 0.148. The summed E-state index contributed by atoms with van der Waals surface area (Å²) in [5, 5.41) is 10.6. The van der Waals surface area contributed by atoms with Gasteiger partial charge in [0.05, 0.1) is 88.8 Å². The lowest BCUT2D eigenvalue weighted by Crippen LogP contribution is -2.15. The highest BCUT2D eigenvalue weighted by Gasteiger charge is 2.11. The molecule has 3 aromatic rings. The van der Waals surface area contributed by atoms with Gasteiger partial charge in [-0.2, -0.15) is 5.26 Å². The van der Waals surface area contributed by atoms with Crippen LogP contribution in [-0.4, -0.2) is 91.2 Å². The Bertz CT molecular complexity index is 1240. The number of carbonyl (C=O) groups excluding carboxylic acids is 2. The molecule has 0 aliphatic heterocycles. The minimum absolute atomic E-state index is 0.131. The van der Waals surface area contributed by atoms with Crippen molar-refractivity contribution in [1.82, 2.24) is 0 Å². The van der Waals surface area contributed by atoms with E-state index < -0.39 is 5.97 Å². The first kappa shape index (κ1) is 31.7. The van der Waals surface area contributed by atoms with Gasteiger partial charge in [-0.25, -0.2) is 9.59 Å². The molecule has 0 saturated heterocycles. The van der Waals surface area contributed by atoms with Gasteiger partial charge in [0.25, 0.3) is 0 Å². The van der Waals surface area contributed by atoms with Crippen LogP contribution in [0.2, 0.25) is 0 Å². The largest absolute Gasteiger partial charge is 0.460 e. The minimum Gasteiger partial charge on any atom is -0.460 e. The Balaban J connectivity index is 1.04. The van der Waals surface area contributed by atoms with Crippen LogP contribution >= 0.6 is 0 Å². The van der Waals surface area contributed by atoms with Crippen molar-refractivity contribution in [3.05, 3.63) is 83.4 Å². The summed E-state index contributed by atoms with van der Waals surface area (Å²) in [5.74, 6) is -0.825. The lowest BCUT2D eigenvalue weighted by molar-refractivity contribution is -0.0180. The summed E-state index contributed by atoms with van der Waals surface area (Å²) in [5.41, 5.74) is 1.42. The Morgan fingerprint density at radius 3 is 1.54 bits per heavy atom. The fraction of sp³-hybridized carbons (Fsp3) is 0.387. The molecule has 10 nitrogen and oxygen atoms in total. The summed E-state index contributed by atoms with van der Waals surface area (Å²) in [4.78, 5) is 24.2. The van der Waals surface area contributed by atoms with Crippen molar-refractivity contribution in [2.75, 3.05) is 79.3 Å². The molecule has 218 valence electrons. The Labute approximate surface area is 239 Å². The molecule has 0 bridgehead atoms. The first-order chi connectivity index (χ1) is 20.2. The number of nitrogens with zero attached hydrogens (tertiary/aromatic N) is 1. The zero-order chi connectivity index (χ0) is 29.0. The van der Waals surface area contributed by atoms with Crippen molar-refractivity contribution in [2.24, 2.45) is 0 Å². The van der Waals surface area contributed by atoms with Crippen LogP contribution in [0.1, 0.15) is 26.3 Å². The van der Waals surface area contributed by atoms with Crippen LogP contribution in [0.3, 0.4) is 0 Å². The van der Waals surface area contributed by atoms with Gasteiger partial charge in [-0.3, -0.25) is 0 Å². The first-order valence-corrected chi connectivity index (χ1v) is 13.4. The van der Waals surface area contributed by atoms with Crippen LogP contribution in [0.5, 0.6) is 0 Å². The summed E-state index contributed by atoms with van der Waals surface area (Å²) >= 11 is 0. The molecule has 0 radical (unpaired) electrons. The Kier molecular flexibility index (Phi) is 14.9. The van der Waals surface area contributed by atoms with Gasteiger partial charge in [0, 0.05) is 0 Å². The highest BCUT2D eigenvalue weighted by atomic mass is 16.6. The molecular weight excluding hydrogens is 530 g/mol. The second-order valence-electron chi connectivity index (χ2n) is 8.55. The van der Waals surface area contributed by atoms with E-state index in [-0.39, 0.29) is 25.8 Å². The maximum Gasteiger partial charge on any atom is 0.338 e. The van der Waals surface area contributed by atoms with Crippen LogP contribution in [0, 0.1) is 11.3 Å². The number of esters is 2. The van der Waals surface area contributed by atoms with Gasteiger partial charge in [0.1, 0.15) is 13.2 Å². The lowest BCUT2D eigenvalue weighted by atomic mass is 10.1. The number of hydrogen-bond donors (Lipinski definition) is 0. The molecule has 0 heterocycles. The van der Waals surface area contributed by atoms with Crippen molar-refractivity contribution in [2.45, 2.75) is 0 Å². The maximum atomic E-state index is 12.4. The molecule has 0 aliphatic rings. The van der Waals surface area contributed by atoms with E-state index in [9.17, 15) is 9.59 Å². The zero-order valence-electron chi connectivity index (χ0n) is 23.0. The van der Waals surface area contributed by atoms with Gasteiger partial charge in [0.15, 0.2) is 0 Å². The highest BCUT2D eigenvalue weighted by molar-refractivity contribution is 6.04. The summed E-state index contributed by atoms with van der Waals surface area (Å²) in [7, 11) is 0. The average molecular weight is 566 g/mol. The van der Waals surface area contributed by atoms with E-state index >= 15 is 0 Å². The molecule has 0 aliphatic carbocycles. The number of hydrogen-bond acceptors (Lipinski definition) is 10. The predicted molar refractivity (Wildman–Crippen MR) is 150 cm³/mol. The van der Waals surface area contributed by atoms with E-state index in [0.29, 0.717) is 76.2 Å². The zero-order valence-corrected chi connectivity index (χ0v) is 23.0. The molecule has 0 aromatic heterocycles. The van der Waals surface area contributed by atoms with Crippen LogP contribution in [-0.2, 0) is 33.2 Å². The molecule has 0 saturated carbocycles. The highest BCUT2D eigenvalue weighted by Crippen LogP contribution is 2.19.